The number of carbonyl (C=O) groups excluding carboxylic acids is 2. The molecule has 0 atom stereocenters. The fraction of sp³-hybridized carbons (Fsp3) is 0.286. The number of nitrogens with one attached hydrogen (secondary N) is 2. The van der Waals surface area contributed by atoms with Crippen molar-refractivity contribution in [2.24, 2.45) is 0 Å². The lowest BCUT2D eigenvalue weighted by Gasteiger charge is -2.16. The lowest BCUT2D eigenvalue weighted by atomic mass is 10.0. The largest absolute Gasteiger partial charge is 0.435 e. The summed E-state index contributed by atoms with van der Waals surface area (Å²) in [6.07, 6.45) is 1.25. The van der Waals surface area contributed by atoms with E-state index >= 15 is 0 Å². The predicted molar refractivity (Wildman–Crippen MR) is 155 cm³/mol. The second kappa shape index (κ2) is 12.3. The van der Waals surface area contributed by atoms with Crippen LogP contribution in [0.5, 0.6) is 0 Å². The van der Waals surface area contributed by atoms with Crippen LogP contribution in [0.4, 0.5) is 18.9 Å². The number of anilines is 1. The zero-order chi connectivity index (χ0) is 29.1. The van der Waals surface area contributed by atoms with E-state index in [1.165, 1.54) is 44.0 Å². The van der Waals surface area contributed by atoms with Crippen molar-refractivity contribution in [2.45, 2.75) is 37.1 Å². The Bertz CT molecular complexity index is 1610. The fourth-order valence-corrected chi connectivity index (χ4v) is 6.44. The summed E-state index contributed by atoms with van der Waals surface area (Å²) in [6.45, 7) is 0.401. The van der Waals surface area contributed by atoms with Gasteiger partial charge in [-0.1, -0.05) is 60.3 Å². The third-order valence-electron chi connectivity index (χ3n) is 6.68. The van der Waals surface area contributed by atoms with E-state index in [2.05, 4.69) is 20.7 Å². The molecule has 2 N–H and O–H groups in total. The number of pyridine rings is 1. The van der Waals surface area contributed by atoms with E-state index in [1.807, 2.05) is 11.8 Å². The summed E-state index contributed by atoms with van der Waals surface area (Å²) >= 11 is 14.7. The molecule has 2 aromatic heterocycles. The van der Waals surface area contributed by atoms with E-state index in [4.69, 9.17) is 23.2 Å². The Morgan fingerprint density at radius 2 is 1.80 bits per heavy atom. The molecular formula is C28H24Cl2F3N5O2S. The molecule has 1 fully saturated rings. The number of fused-ring (bicyclic) bond motifs is 1. The Balaban J connectivity index is 1.48. The molecule has 0 saturated heterocycles. The summed E-state index contributed by atoms with van der Waals surface area (Å²) in [5, 5.41) is 10.8. The average molecular weight is 622 g/mol. The van der Waals surface area contributed by atoms with Crippen LogP contribution in [-0.2, 0) is 6.18 Å². The maximum atomic E-state index is 13.6. The number of amides is 2. The van der Waals surface area contributed by atoms with Crippen LogP contribution in [0.2, 0.25) is 10.0 Å². The Morgan fingerprint density at radius 3 is 2.54 bits per heavy atom. The molecule has 0 bridgehead atoms. The van der Waals surface area contributed by atoms with Crippen molar-refractivity contribution in [3.63, 3.8) is 0 Å². The number of hydrogen-bond acceptors (Lipinski definition) is 5. The first-order valence-electron chi connectivity index (χ1n) is 12.8. The van der Waals surface area contributed by atoms with Gasteiger partial charge in [-0.25, -0.2) is 9.67 Å². The van der Waals surface area contributed by atoms with Crippen molar-refractivity contribution >= 4 is 63.2 Å². The van der Waals surface area contributed by atoms with Crippen LogP contribution in [0, 0.1) is 0 Å². The van der Waals surface area contributed by atoms with Crippen molar-refractivity contribution in [2.75, 3.05) is 17.6 Å². The minimum atomic E-state index is -4.84. The van der Waals surface area contributed by atoms with Crippen molar-refractivity contribution in [1.29, 1.82) is 0 Å². The third-order valence-corrected chi connectivity index (χ3v) is 8.75. The quantitative estimate of drug-likeness (QED) is 0.200. The predicted octanol–water partition coefficient (Wildman–Crippen LogP) is 7.40. The average Bonchev–Trinajstić information content (AvgIpc) is 3.63. The van der Waals surface area contributed by atoms with Crippen molar-refractivity contribution in [3.8, 4) is 5.82 Å². The summed E-state index contributed by atoms with van der Waals surface area (Å²) in [7, 11) is 0. The SMILES string of the molecule is O=C(NCCSC1CCCC1)c1cc2ccccc2c(Cl)c1NC(=O)c1cc(C(F)(F)F)nn1-c1ncccc1Cl. The van der Waals surface area contributed by atoms with Gasteiger partial charge in [0, 0.05) is 35.2 Å². The first kappa shape index (κ1) is 29.2. The number of benzene rings is 2. The first-order chi connectivity index (χ1) is 19.6. The highest BCUT2D eigenvalue weighted by Gasteiger charge is 2.37. The van der Waals surface area contributed by atoms with Crippen LogP contribution in [-0.4, -0.2) is 44.1 Å². The van der Waals surface area contributed by atoms with Crippen LogP contribution in [0.3, 0.4) is 0 Å². The van der Waals surface area contributed by atoms with Crippen LogP contribution < -0.4 is 10.6 Å². The second-order valence-corrected chi connectivity index (χ2v) is 11.6. The van der Waals surface area contributed by atoms with Crippen LogP contribution in [0.1, 0.15) is 52.2 Å². The maximum Gasteiger partial charge on any atom is 0.435 e. The van der Waals surface area contributed by atoms with E-state index in [0.717, 1.165) is 10.4 Å². The molecule has 0 radical (unpaired) electrons. The zero-order valence-electron chi connectivity index (χ0n) is 21.5. The van der Waals surface area contributed by atoms with Gasteiger partial charge in [-0.15, -0.1) is 0 Å². The summed E-state index contributed by atoms with van der Waals surface area (Å²) in [6, 6.07) is 12.1. The summed E-state index contributed by atoms with van der Waals surface area (Å²) in [4.78, 5) is 30.8. The molecule has 2 heterocycles. The zero-order valence-corrected chi connectivity index (χ0v) is 23.8. The molecule has 13 heteroatoms. The van der Waals surface area contributed by atoms with Crippen LogP contribution >= 0.6 is 35.0 Å². The molecule has 0 aliphatic heterocycles. The number of hydrogen-bond donors (Lipinski definition) is 2. The van der Waals surface area contributed by atoms with Crippen LogP contribution in [0.15, 0.2) is 54.7 Å². The third kappa shape index (κ3) is 6.47. The molecular weight excluding hydrogens is 598 g/mol. The monoisotopic (exact) mass is 621 g/mol. The van der Waals surface area contributed by atoms with Crippen molar-refractivity contribution in [3.05, 3.63) is 81.7 Å². The molecule has 0 unspecified atom stereocenters. The van der Waals surface area contributed by atoms with Crippen molar-refractivity contribution < 1.29 is 22.8 Å². The second-order valence-electron chi connectivity index (χ2n) is 9.45. The first-order valence-corrected chi connectivity index (χ1v) is 14.6. The molecule has 2 aromatic carbocycles. The molecule has 41 heavy (non-hydrogen) atoms. The Kier molecular flexibility index (Phi) is 8.77. The Morgan fingerprint density at radius 1 is 1.05 bits per heavy atom. The summed E-state index contributed by atoms with van der Waals surface area (Å²) in [5.41, 5.74) is -1.77. The highest BCUT2D eigenvalue weighted by atomic mass is 35.5. The summed E-state index contributed by atoms with van der Waals surface area (Å²) < 4.78 is 41.5. The van der Waals surface area contributed by atoms with E-state index < -0.39 is 29.4 Å². The molecule has 2 amide bonds. The van der Waals surface area contributed by atoms with Gasteiger partial charge in [0.25, 0.3) is 11.8 Å². The van der Waals surface area contributed by atoms with Crippen molar-refractivity contribution in [1.82, 2.24) is 20.1 Å². The van der Waals surface area contributed by atoms with Gasteiger partial charge in [0.15, 0.2) is 11.5 Å². The fourth-order valence-electron chi connectivity index (χ4n) is 4.70. The minimum absolute atomic E-state index is 0.0161. The smallest absolute Gasteiger partial charge is 0.351 e. The van der Waals surface area contributed by atoms with E-state index in [1.54, 1.807) is 30.3 Å². The van der Waals surface area contributed by atoms with Gasteiger partial charge in [0.1, 0.15) is 5.69 Å². The Hall–Kier alpha value is -3.28. The van der Waals surface area contributed by atoms with Gasteiger partial charge in [-0.05, 0) is 36.4 Å². The number of aromatic nitrogens is 3. The molecule has 1 aliphatic carbocycles. The van der Waals surface area contributed by atoms with E-state index in [-0.39, 0.29) is 27.1 Å². The van der Waals surface area contributed by atoms with E-state index in [9.17, 15) is 22.8 Å². The number of carbonyl (C=O) groups is 2. The molecule has 214 valence electrons. The minimum Gasteiger partial charge on any atom is -0.351 e. The number of halogens is 5. The topological polar surface area (TPSA) is 88.9 Å². The molecule has 1 saturated carbocycles. The van der Waals surface area contributed by atoms with Crippen LogP contribution in [0.25, 0.3) is 16.6 Å². The standard InChI is InChI=1S/C28H24Cl2F3N5O2S/c29-20-10-5-11-34-25(20)38-21(15-22(37-38)28(31,32)33)27(40)36-24-19(14-16-6-1-4-9-18(16)23(24)30)26(39)35-12-13-41-17-7-2-3-8-17/h1,4-6,9-11,14-15,17H,2-3,7-8,12-13H2,(H,35,39)(H,36,40). The molecule has 0 spiro atoms. The van der Waals surface area contributed by atoms with Gasteiger partial charge < -0.3 is 10.6 Å². The molecule has 4 aromatic rings. The number of nitrogens with zero attached hydrogens (tertiary/aromatic N) is 3. The molecule has 7 nitrogen and oxygen atoms in total. The highest BCUT2D eigenvalue weighted by molar-refractivity contribution is 7.99. The summed E-state index contributed by atoms with van der Waals surface area (Å²) in [5.74, 6) is -0.906. The number of rotatable bonds is 8. The van der Waals surface area contributed by atoms with Gasteiger partial charge in [0.05, 0.1) is 21.3 Å². The molecule has 1 aliphatic rings. The van der Waals surface area contributed by atoms with E-state index in [0.29, 0.717) is 28.6 Å². The number of alkyl halides is 3. The number of thioether (sulfide) groups is 1. The Labute approximate surface area is 247 Å². The normalized spacial score (nSPS) is 14.0. The molecule has 5 rings (SSSR count). The lowest BCUT2D eigenvalue weighted by Crippen LogP contribution is -2.28. The van der Waals surface area contributed by atoms with Gasteiger partial charge in [0.2, 0.25) is 0 Å². The van der Waals surface area contributed by atoms with Gasteiger partial charge in [-0.3, -0.25) is 9.59 Å². The lowest BCUT2D eigenvalue weighted by molar-refractivity contribution is -0.141. The maximum absolute atomic E-state index is 13.6. The highest BCUT2D eigenvalue weighted by Crippen LogP contribution is 2.36. The van der Waals surface area contributed by atoms with Gasteiger partial charge in [-0.2, -0.15) is 30.0 Å². The van der Waals surface area contributed by atoms with Gasteiger partial charge >= 0.3 is 6.18 Å².